The Morgan fingerprint density at radius 3 is 2.30 bits per heavy atom. The molecule has 9 heteroatoms. The zero-order valence-electron chi connectivity index (χ0n) is 10.9. The molecular formula is C11H16F3N3O3. The Kier molecular flexibility index (Phi) is 5.49. The second kappa shape index (κ2) is 6.69. The fourth-order valence-corrected chi connectivity index (χ4v) is 2.25. The lowest BCUT2D eigenvalue weighted by atomic mass is 9.96. The monoisotopic (exact) mass is 295 g/mol. The van der Waals surface area contributed by atoms with Gasteiger partial charge in [0.15, 0.2) is 0 Å². The molecule has 1 fully saturated rings. The van der Waals surface area contributed by atoms with E-state index >= 15 is 0 Å². The smallest absolute Gasteiger partial charge is 0.400 e. The Hall–Kier alpha value is -1.64. The van der Waals surface area contributed by atoms with E-state index in [1.807, 2.05) is 0 Å². The predicted octanol–water partition coefficient (Wildman–Crippen LogP) is 2.92. The quantitative estimate of drug-likeness (QED) is 0.672. The third-order valence-electron chi connectivity index (χ3n) is 3.13. The number of aliphatic hydroxyl groups excluding tert-OH is 1. The first-order chi connectivity index (χ1) is 9.39. The Labute approximate surface area is 113 Å². The van der Waals surface area contributed by atoms with Gasteiger partial charge in [0.25, 0.3) is 0 Å². The number of hydrogen-bond acceptors (Lipinski definition) is 4. The molecule has 1 heterocycles. The molecule has 1 aromatic rings. The van der Waals surface area contributed by atoms with Crippen LogP contribution in [0, 0.1) is 10.1 Å². The molecule has 1 aliphatic carbocycles. The summed E-state index contributed by atoms with van der Waals surface area (Å²) in [6, 6.07) is -0.159. The SMILES string of the molecule is CO.O=[N+]([O-])c1cn(C2CCCCC2)nc1C(F)(F)F. The van der Waals surface area contributed by atoms with E-state index < -0.39 is 22.5 Å². The van der Waals surface area contributed by atoms with Gasteiger partial charge in [-0.15, -0.1) is 0 Å². The summed E-state index contributed by atoms with van der Waals surface area (Å²) in [6.45, 7) is 0. The van der Waals surface area contributed by atoms with Crippen molar-refractivity contribution in [3.63, 3.8) is 0 Å². The normalized spacial score (nSPS) is 16.4. The van der Waals surface area contributed by atoms with Crippen LogP contribution in [0.1, 0.15) is 43.8 Å². The van der Waals surface area contributed by atoms with Crippen LogP contribution >= 0.6 is 0 Å². The summed E-state index contributed by atoms with van der Waals surface area (Å²) in [6.07, 6.45) is 0.429. The molecule has 1 aromatic heterocycles. The van der Waals surface area contributed by atoms with Crippen LogP contribution in [0.25, 0.3) is 0 Å². The van der Waals surface area contributed by atoms with E-state index in [-0.39, 0.29) is 6.04 Å². The lowest BCUT2D eigenvalue weighted by Gasteiger charge is -2.21. The van der Waals surface area contributed by atoms with Crippen LogP contribution in [0.2, 0.25) is 0 Å². The van der Waals surface area contributed by atoms with Gasteiger partial charge in [0.2, 0.25) is 5.69 Å². The van der Waals surface area contributed by atoms with Gasteiger partial charge >= 0.3 is 11.9 Å². The van der Waals surface area contributed by atoms with Gasteiger partial charge in [-0.05, 0) is 12.8 Å². The van der Waals surface area contributed by atoms with Crippen molar-refractivity contribution in [1.29, 1.82) is 0 Å². The highest BCUT2D eigenvalue weighted by atomic mass is 19.4. The standard InChI is InChI=1S/C10H12F3N3O2.CH4O/c11-10(12,13)9-8(16(17)18)6-15(14-9)7-4-2-1-3-5-7;1-2/h6-7H,1-5H2;2H,1H3. The van der Waals surface area contributed by atoms with Crippen LogP contribution in [-0.2, 0) is 6.18 Å². The summed E-state index contributed by atoms with van der Waals surface area (Å²) in [5, 5.41) is 21.0. The van der Waals surface area contributed by atoms with Gasteiger partial charge in [0.1, 0.15) is 6.20 Å². The molecular weight excluding hydrogens is 279 g/mol. The summed E-state index contributed by atoms with van der Waals surface area (Å²) < 4.78 is 38.9. The van der Waals surface area contributed by atoms with Crippen molar-refractivity contribution in [2.24, 2.45) is 0 Å². The molecule has 0 saturated heterocycles. The van der Waals surface area contributed by atoms with Crippen molar-refractivity contribution in [1.82, 2.24) is 9.78 Å². The van der Waals surface area contributed by atoms with Gasteiger partial charge in [-0.2, -0.15) is 18.3 Å². The number of nitro groups is 1. The number of aliphatic hydroxyl groups is 1. The topological polar surface area (TPSA) is 81.2 Å². The van der Waals surface area contributed by atoms with Gasteiger partial charge < -0.3 is 5.11 Å². The van der Waals surface area contributed by atoms with Crippen LogP contribution in [-0.4, -0.2) is 26.9 Å². The number of nitrogens with zero attached hydrogens (tertiary/aromatic N) is 3. The molecule has 0 radical (unpaired) electrons. The van der Waals surface area contributed by atoms with Crippen molar-refractivity contribution in [2.75, 3.05) is 7.11 Å². The number of aromatic nitrogens is 2. The van der Waals surface area contributed by atoms with E-state index in [2.05, 4.69) is 5.10 Å². The van der Waals surface area contributed by atoms with Crippen molar-refractivity contribution in [2.45, 2.75) is 44.3 Å². The average Bonchev–Trinajstić information content (AvgIpc) is 2.87. The number of hydrogen-bond donors (Lipinski definition) is 1. The maximum absolute atomic E-state index is 12.6. The fourth-order valence-electron chi connectivity index (χ4n) is 2.25. The predicted molar refractivity (Wildman–Crippen MR) is 64.1 cm³/mol. The highest BCUT2D eigenvalue weighted by Gasteiger charge is 2.43. The van der Waals surface area contributed by atoms with Crippen LogP contribution in [0.5, 0.6) is 0 Å². The summed E-state index contributed by atoms with van der Waals surface area (Å²) in [5.41, 5.74) is -2.37. The average molecular weight is 295 g/mol. The van der Waals surface area contributed by atoms with Gasteiger partial charge in [-0.1, -0.05) is 19.3 Å². The number of halogens is 3. The van der Waals surface area contributed by atoms with Crippen molar-refractivity contribution in [3.8, 4) is 0 Å². The lowest BCUT2D eigenvalue weighted by molar-refractivity contribution is -0.388. The van der Waals surface area contributed by atoms with Crippen molar-refractivity contribution in [3.05, 3.63) is 22.0 Å². The van der Waals surface area contributed by atoms with E-state index in [4.69, 9.17) is 5.11 Å². The highest BCUT2D eigenvalue weighted by Crippen LogP contribution is 2.37. The summed E-state index contributed by atoms with van der Waals surface area (Å²) in [4.78, 5) is 9.58. The van der Waals surface area contributed by atoms with E-state index in [9.17, 15) is 23.3 Å². The van der Waals surface area contributed by atoms with Gasteiger partial charge in [-0.3, -0.25) is 14.8 Å². The molecule has 1 saturated carbocycles. The minimum atomic E-state index is -4.79. The molecule has 20 heavy (non-hydrogen) atoms. The highest BCUT2D eigenvalue weighted by molar-refractivity contribution is 5.34. The largest absolute Gasteiger partial charge is 0.442 e. The minimum absolute atomic E-state index is 0.159. The first kappa shape index (κ1) is 16.4. The van der Waals surface area contributed by atoms with E-state index in [1.54, 1.807) is 0 Å². The second-order valence-corrected chi connectivity index (χ2v) is 4.39. The van der Waals surface area contributed by atoms with Crippen LogP contribution in [0.3, 0.4) is 0 Å². The third kappa shape index (κ3) is 3.69. The second-order valence-electron chi connectivity index (χ2n) is 4.39. The lowest BCUT2D eigenvalue weighted by Crippen LogP contribution is -2.15. The fraction of sp³-hybridized carbons (Fsp3) is 0.727. The van der Waals surface area contributed by atoms with Crippen molar-refractivity contribution >= 4 is 5.69 Å². The molecule has 0 spiro atoms. The van der Waals surface area contributed by atoms with E-state index in [0.717, 1.165) is 50.1 Å². The number of rotatable bonds is 2. The molecule has 2 rings (SSSR count). The zero-order chi connectivity index (χ0) is 15.3. The zero-order valence-corrected chi connectivity index (χ0v) is 10.9. The molecule has 0 atom stereocenters. The first-order valence-corrected chi connectivity index (χ1v) is 6.15. The molecule has 0 aliphatic heterocycles. The van der Waals surface area contributed by atoms with Gasteiger partial charge in [0, 0.05) is 7.11 Å². The molecule has 0 amide bonds. The molecule has 0 unspecified atom stereocenters. The summed E-state index contributed by atoms with van der Waals surface area (Å²) in [5.74, 6) is 0. The van der Waals surface area contributed by atoms with E-state index in [1.165, 1.54) is 0 Å². The first-order valence-electron chi connectivity index (χ1n) is 6.15. The summed E-state index contributed by atoms with van der Waals surface area (Å²) in [7, 11) is 1.00. The van der Waals surface area contributed by atoms with Crippen LogP contribution < -0.4 is 0 Å². The number of alkyl halides is 3. The van der Waals surface area contributed by atoms with Crippen LogP contribution in [0.4, 0.5) is 18.9 Å². The summed E-state index contributed by atoms with van der Waals surface area (Å²) >= 11 is 0. The molecule has 1 N–H and O–H groups in total. The Bertz CT molecular complexity index is 454. The molecule has 114 valence electrons. The molecule has 0 bridgehead atoms. The molecule has 1 aliphatic rings. The minimum Gasteiger partial charge on any atom is -0.400 e. The Morgan fingerprint density at radius 2 is 1.90 bits per heavy atom. The molecule has 0 aromatic carbocycles. The maximum atomic E-state index is 12.6. The maximum Gasteiger partial charge on any atom is 0.442 e. The Morgan fingerprint density at radius 1 is 1.35 bits per heavy atom. The van der Waals surface area contributed by atoms with Crippen LogP contribution in [0.15, 0.2) is 6.20 Å². The van der Waals surface area contributed by atoms with Gasteiger partial charge in [0.05, 0.1) is 11.0 Å². The van der Waals surface area contributed by atoms with Crippen molar-refractivity contribution < 1.29 is 23.2 Å². The molecule has 6 nitrogen and oxygen atoms in total. The van der Waals surface area contributed by atoms with E-state index in [0.29, 0.717) is 0 Å². The Balaban J connectivity index is 0.000000956. The third-order valence-corrected chi connectivity index (χ3v) is 3.13. The van der Waals surface area contributed by atoms with Gasteiger partial charge in [-0.25, -0.2) is 0 Å².